The maximum atomic E-state index is 12.7. The van der Waals surface area contributed by atoms with Crippen molar-refractivity contribution < 1.29 is 22.7 Å². The third-order valence-corrected chi connectivity index (χ3v) is 5.98. The zero-order valence-corrected chi connectivity index (χ0v) is 19.0. The SMILES string of the molecule is COc1ccc(N(C(C)C(=O)NCCCc2cccc(C)c2)S(C)(=O)=O)cc1OC. The lowest BCUT2D eigenvalue weighted by atomic mass is 10.1. The molecule has 0 radical (unpaired) electrons. The summed E-state index contributed by atoms with van der Waals surface area (Å²) in [6.45, 7) is 4.06. The maximum Gasteiger partial charge on any atom is 0.243 e. The second kappa shape index (κ2) is 10.3. The third-order valence-electron chi connectivity index (χ3n) is 4.73. The van der Waals surface area contributed by atoms with Gasteiger partial charge in [-0.05, 0) is 44.4 Å². The minimum atomic E-state index is -3.71. The number of sulfonamides is 1. The van der Waals surface area contributed by atoms with Crippen molar-refractivity contribution >= 4 is 21.6 Å². The monoisotopic (exact) mass is 434 g/mol. The normalized spacial score (nSPS) is 12.2. The Morgan fingerprint density at radius 2 is 1.80 bits per heavy atom. The predicted molar refractivity (Wildman–Crippen MR) is 119 cm³/mol. The van der Waals surface area contributed by atoms with E-state index < -0.39 is 16.1 Å². The summed E-state index contributed by atoms with van der Waals surface area (Å²) in [6.07, 6.45) is 2.67. The van der Waals surface area contributed by atoms with Crippen molar-refractivity contribution in [3.8, 4) is 11.5 Å². The van der Waals surface area contributed by atoms with Crippen LogP contribution in [0.3, 0.4) is 0 Å². The highest BCUT2D eigenvalue weighted by atomic mass is 32.2. The molecule has 8 heteroatoms. The molecule has 0 aliphatic carbocycles. The summed E-state index contributed by atoms with van der Waals surface area (Å²) in [4.78, 5) is 12.7. The molecule has 0 bridgehead atoms. The van der Waals surface area contributed by atoms with E-state index in [1.54, 1.807) is 25.1 Å². The molecule has 0 fully saturated rings. The fraction of sp³-hybridized carbons (Fsp3) is 0.409. The lowest BCUT2D eigenvalue weighted by molar-refractivity contribution is -0.121. The van der Waals surface area contributed by atoms with Crippen LogP contribution in [-0.2, 0) is 21.2 Å². The molecular formula is C22H30N2O5S. The molecule has 0 spiro atoms. The first-order chi connectivity index (χ1) is 14.2. The van der Waals surface area contributed by atoms with Crippen molar-refractivity contribution in [3.05, 3.63) is 53.6 Å². The van der Waals surface area contributed by atoms with E-state index in [4.69, 9.17) is 9.47 Å². The van der Waals surface area contributed by atoms with E-state index in [9.17, 15) is 13.2 Å². The fourth-order valence-electron chi connectivity index (χ4n) is 3.29. The summed E-state index contributed by atoms with van der Waals surface area (Å²) >= 11 is 0. The fourth-order valence-corrected chi connectivity index (χ4v) is 4.46. The second-order valence-corrected chi connectivity index (χ2v) is 9.02. The van der Waals surface area contributed by atoms with Gasteiger partial charge in [-0.2, -0.15) is 0 Å². The van der Waals surface area contributed by atoms with Gasteiger partial charge in [-0.25, -0.2) is 8.42 Å². The average molecular weight is 435 g/mol. The molecule has 1 N–H and O–H groups in total. The summed E-state index contributed by atoms with van der Waals surface area (Å²) in [5.74, 6) is 0.497. The number of nitrogens with one attached hydrogen (secondary N) is 1. The number of hydrogen-bond donors (Lipinski definition) is 1. The van der Waals surface area contributed by atoms with Crippen molar-refractivity contribution in [2.45, 2.75) is 32.7 Å². The lowest BCUT2D eigenvalue weighted by Crippen LogP contribution is -2.48. The van der Waals surface area contributed by atoms with Crippen LogP contribution in [0.15, 0.2) is 42.5 Å². The van der Waals surface area contributed by atoms with Crippen molar-refractivity contribution in [1.29, 1.82) is 0 Å². The summed E-state index contributed by atoms with van der Waals surface area (Å²) in [7, 11) is -0.741. The van der Waals surface area contributed by atoms with E-state index in [2.05, 4.69) is 17.4 Å². The number of carbonyl (C=O) groups is 1. The molecule has 0 saturated heterocycles. The molecule has 2 rings (SSSR count). The van der Waals surface area contributed by atoms with E-state index in [0.29, 0.717) is 23.7 Å². The molecule has 0 aliphatic heterocycles. The van der Waals surface area contributed by atoms with Crippen molar-refractivity contribution in [3.63, 3.8) is 0 Å². The zero-order valence-electron chi connectivity index (χ0n) is 18.1. The van der Waals surface area contributed by atoms with Gasteiger partial charge in [-0.15, -0.1) is 0 Å². The largest absolute Gasteiger partial charge is 0.493 e. The van der Waals surface area contributed by atoms with Gasteiger partial charge in [0.1, 0.15) is 6.04 Å². The number of ether oxygens (including phenoxy) is 2. The Morgan fingerprint density at radius 1 is 1.10 bits per heavy atom. The Labute approximate surface area is 179 Å². The minimum absolute atomic E-state index is 0.331. The molecule has 1 unspecified atom stereocenters. The highest BCUT2D eigenvalue weighted by Gasteiger charge is 2.29. The summed E-state index contributed by atoms with van der Waals surface area (Å²) in [5, 5.41) is 2.84. The van der Waals surface area contributed by atoms with E-state index >= 15 is 0 Å². The quantitative estimate of drug-likeness (QED) is 0.581. The molecule has 0 aromatic heterocycles. The van der Waals surface area contributed by atoms with Gasteiger partial charge in [0, 0.05) is 12.6 Å². The average Bonchev–Trinajstić information content (AvgIpc) is 2.70. The third kappa shape index (κ3) is 6.13. The number of benzene rings is 2. The topological polar surface area (TPSA) is 84.9 Å². The van der Waals surface area contributed by atoms with Crippen LogP contribution in [0.4, 0.5) is 5.69 Å². The molecule has 2 aromatic rings. The Hall–Kier alpha value is -2.74. The van der Waals surface area contributed by atoms with Crippen LogP contribution in [0.5, 0.6) is 11.5 Å². The maximum absolute atomic E-state index is 12.7. The molecule has 7 nitrogen and oxygen atoms in total. The van der Waals surface area contributed by atoms with Gasteiger partial charge in [-0.1, -0.05) is 29.8 Å². The van der Waals surface area contributed by atoms with Gasteiger partial charge in [0.25, 0.3) is 0 Å². The predicted octanol–water partition coefficient (Wildman–Crippen LogP) is 2.92. The van der Waals surface area contributed by atoms with Crippen molar-refractivity contribution in [1.82, 2.24) is 5.32 Å². The van der Waals surface area contributed by atoms with Gasteiger partial charge < -0.3 is 14.8 Å². The minimum Gasteiger partial charge on any atom is -0.493 e. The smallest absolute Gasteiger partial charge is 0.243 e. The first-order valence-corrected chi connectivity index (χ1v) is 11.6. The summed E-state index contributed by atoms with van der Waals surface area (Å²) < 4.78 is 36.5. The first kappa shape index (κ1) is 23.5. The number of hydrogen-bond acceptors (Lipinski definition) is 5. The van der Waals surface area contributed by atoms with Gasteiger partial charge in [0.2, 0.25) is 15.9 Å². The standard InChI is InChI=1S/C22H30N2O5S/c1-16-8-6-9-18(14-16)10-7-13-23-22(25)17(2)24(30(5,26)27)19-11-12-20(28-3)21(15-19)29-4/h6,8-9,11-12,14-15,17H,7,10,13H2,1-5H3,(H,23,25). The van der Waals surface area contributed by atoms with E-state index in [-0.39, 0.29) is 5.91 Å². The molecule has 2 aromatic carbocycles. The van der Waals surface area contributed by atoms with Crippen molar-refractivity contribution in [2.24, 2.45) is 0 Å². The van der Waals surface area contributed by atoms with Crippen molar-refractivity contribution in [2.75, 3.05) is 31.3 Å². The van der Waals surface area contributed by atoms with Gasteiger partial charge in [0.15, 0.2) is 11.5 Å². The first-order valence-electron chi connectivity index (χ1n) is 9.72. The highest BCUT2D eigenvalue weighted by Crippen LogP contribution is 2.33. The second-order valence-electron chi connectivity index (χ2n) is 7.16. The number of amides is 1. The van der Waals surface area contributed by atoms with Crippen LogP contribution in [0.1, 0.15) is 24.5 Å². The molecular weight excluding hydrogens is 404 g/mol. The van der Waals surface area contributed by atoms with E-state index in [1.165, 1.54) is 25.3 Å². The van der Waals surface area contributed by atoms with Crippen LogP contribution < -0.4 is 19.1 Å². The Balaban J connectivity index is 2.07. The molecule has 30 heavy (non-hydrogen) atoms. The Morgan fingerprint density at radius 3 is 2.40 bits per heavy atom. The summed E-state index contributed by atoms with van der Waals surface area (Å²) in [6, 6.07) is 12.0. The number of aryl methyl sites for hydroxylation is 2. The zero-order chi connectivity index (χ0) is 22.3. The van der Waals surface area contributed by atoms with E-state index in [0.717, 1.165) is 23.4 Å². The van der Waals surface area contributed by atoms with Crippen LogP contribution in [0, 0.1) is 6.92 Å². The molecule has 1 atom stereocenters. The molecule has 164 valence electrons. The van der Waals surface area contributed by atoms with Gasteiger partial charge in [0.05, 0.1) is 26.2 Å². The van der Waals surface area contributed by atoms with Crippen LogP contribution in [-0.4, -0.2) is 47.4 Å². The number of carbonyl (C=O) groups excluding carboxylic acids is 1. The molecule has 0 aliphatic rings. The van der Waals surface area contributed by atoms with Gasteiger partial charge >= 0.3 is 0 Å². The number of rotatable bonds is 10. The summed E-state index contributed by atoms with van der Waals surface area (Å²) in [5.41, 5.74) is 2.74. The highest BCUT2D eigenvalue weighted by molar-refractivity contribution is 7.92. The molecule has 1 amide bonds. The number of anilines is 1. The van der Waals surface area contributed by atoms with Crippen LogP contribution in [0.25, 0.3) is 0 Å². The number of methoxy groups -OCH3 is 2. The molecule has 0 saturated carbocycles. The van der Waals surface area contributed by atoms with Crippen LogP contribution >= 0.6 is 0 Å². The lowest BCUT2D eigenvalue weighted by Gasteiger charge is -2.28. The Bertz CT molecular complexity index is 975. The van der Waals surface area contributed by atoms with Gasteiger partial charge in [-0.3, -0.25) is 9.10 Å². The van der Waals surface area contributed by atoms with Crippen LogP contribution in [0.2, 0.25) is 0 Å². The molecule has 0 heterocycles. The Kier molecular flexibility index (Phi) is 8.11. The van der Waals surface area contributed by atoms with E-state index in [1.807, 2.05) is 19.1 Å². The number of nitrogens with zero attached hydrogens (tertiary/aromatic N) is 1.